The lowest BCUT2D eigenvalue weighted by Crippen LogP contribution is -2.44. The summed E-state index contributed by atoms with van der Waals surface area (Å²) in [6.45, 7) is 2.06. The molecule has 1 heterocycles. The highest BCUT2D eigenvalue weighted by atomic mass is 35.5. The molecule has 1 saturated heterocycles. The Morgan fingerprint density at radius 2 is 2.08 bits per heavy atom. The maximum Gasteiger partial charge on any atom is 0.317 e. The molecule has 9 heteroatoms. The van der Waals surface area contributed by atoms with Crippen LogP contribution in [0.3, 0.4) is 0 Å². The van der Waals surface area contributed by atoms with Crippen molar-refractivity contribution in [2.75, 3.05) is 26.7 Å². The van der Waals surface area contributed by atoms with Gasteiger partial charge < -0.3 is 5.11 Å². The largest absolute Gasteiger partial charge is 0.480 e. The standard InChI is InChI=1S/C15H20ClN3O4.ClH/c1-17(10-15(20)21)13-4-6-18(7-5-13)9-11-8-12(16)2-3-14(11)19(22)23;/h2-3,8,13H,4-7,9-10H2,1H3,(H,20,21);1H. The van der Waals surface area contributed by atoms with Crippen LogP contribution in [0.5, 0.6) is 0 Å². The average Bonchev–Trinajstić information content (AvgIpc) is 2.47. The van der Waals surface area contributed by atoms with Crippen LogP contribution in [0, 0.1) is 10.1 Å². The number of carboxylic acid groups (broad SMARTS) is 1. The molecule has 0 aromatic heterocycles. The van der Waals surface area contributed by atoms with Crippen molar-refractivity contribution in [2.45, 2.75) is 25.4 Å². The highest BCUT2D eigenvalue weighted by Crippen LogP contribution is 2.25. The normalized spacial score (nSPS) is 16.0. The van der Waals surface area contributed by atoms with Gasteiger partial charge in [-0.1, -0.05) is 11.6 Å². The van der Waals surface area contributed by atoms with Crippen LogP contribution < -0.4 is 0 Å². The number of nitrogens with zero attached hydrogens (tertiary/aromatic N) is 3. The molecule has 2 rings (SSSR count). The van der Waals surface area contributed by atoms with Crippen LogP contribution in [-0.4, -0.2) is 58.5 Å². The molecule has 7 nitrogen and oxygen atoms in total. The number of carbonyl (C=O) groups is 1. The first-order chi connectivity index (χ1) is 10.9. The Morgan fingerprint density at radius 3 is 2.62 bits per heavy atom. The van der Waals surface area contributed by atoms with E-state index in [9.17, 15) is 14.9 Å². The molecule has 1 aromatic rings. The van der Waals surface area contributed by atoms with Crippen LogP contribution >= 0.6 is 24.0 Å². The number of likely N-dealkylation sites (tertiary alicyclic amines) is 1. The van der Waals surface area contributed by atoms with E-state index in [2.05, 4.69) is 4.90 Å². The molecule has 0 radical (unpaired) electrons. The molecule has 1 aliphatic rings. The van der Waals surface area contributed by atoms with E-state index in [1.807, 2.05) is 11.9 Å². The lowest BCUT2D eigenvalue weighted by atomic mass is 10.0. The molecule has 1 fully saturated rings. The summed E-state index contributed by atoms with van der Waals surface area (Å²) in [7, 11) is 1.82. The van der Waals surface area contributed by atoms with Crippen molar-refractivity contribution in [3.05, 3.63) is 38.9 Å². The van der Waals surface area contributed by atoms with Gasteiger partial charge in [0.2, 0.25) is 0 Å². The number of nitro benzene ring substituents is 1. The van der Waals surface area contributed by atoms with Crippen molar-refractivity contribution in [1.82, 2.24) is 9.80 Å². The average molecular weight is 378 g/mol. The molecule has 0 spiro atoms. The molecular weight excluding hydrogens is 357 g/mol. The Bertz CT molecular complexity index is 592. The number of piperidine rings is 1. The monoisotopic (exact) mass is 377 g/mol. The Labute approximate surface area is 151 Å². The van der Waals surface area contributed by atoms with Crippen molar-refractivity contribution in [2.24, 2.45) is 0 Å². The molecule has 0 amide bonds. The zero-order chi connectivity index (χ0) is 17.0. The minimum Gasteiger partial charge on any atom is -0.480 e. The fourth-order valence-electron chi connectivity index (χ4n) is 2.96. The van der Waals surface area contributed by atoms with Crippen molar-refractivity contribution in [1.29, 1.82) is 0 Å². The number of halogens is 2. The summed E-state index contributed by atoms with van der Waals surface area (Å²) in [6.07, 6.45) is 1.69. The van der Waals surface area contributed by atoms with Gasteiger partial charge in [-0.2, -0.15) is 0 Å². The van der Waals surface area contributed by atoms with E-state index in [1.165, 1.54) is 12.1 Å². The summed E-state index contributed by atoms with van der Waals surface area (Å²) in [5.74, 6) is -0.829. The van der Waals surface area contributed by atoms with Gasteiger partial charge in [-0.15, -0.1) is 12.4 Å². The third-order valence-electron chi connectivity index (χ3n) is 4.20. The molecular formula is C15H21Cl2N3O4. The summed E-state index contributed by atoms with van der Waals surface area (Å²) >= 11 is 5.95. The van der Waals surface area contributed by atoms with Crippen molar-refractivity contribution < 1.29 is 14.8 Å². The third kappa shape index (κ3) is 5.59. The van der Waals surface area contributed by atoms with E-state index < -0.39 is 5.97 Å². The topological polar surface area (TPSA) is 86.9 Å². The molecule has 1 aromatic carbocycles. The number of benzene rings is 1. The smallest absolute Gasteiger partial charge is 0.317 e. The van der Waals surface area contributed by atoms with Gasteiger partial charge in [0.15, 0.2) is 0 Å². The number of hydrogen-bond donors (Lipinski definition) is 1. The van der Waals surface area contributed by atoms with E-state index in [0.29, 0.717) is 17.1 Å². The van der Waals surface area contributed by atoms with Crippen molar-refractivity contribution in [3.63, 3.8) is 0 Å². The predicted molar refractivity (Wildman–Crippen MR) is 93.9 cm³/mol. The molecule has 0 unspecified atom stereocenters. The van der Waals surface area contributed by atoms with E-state index in [-0.39, 0.29) is 35.6 Å². The zero-order valence-corrected chi connectivity index (χ0v) is 14.9. The molecule has 24 heavy (non-hydrogen) atoms. The number of hydrogen-bond acceptors (Lipinski definition) is 5. The number of nitro groups is 1. The Morgan fingerprint density at radius 1 is 1.46 bits per heavy atom. The second-order valence-corrected chi connectivity index (χ2v) is 6.28. The van der Waals surface area contributed by atoms with E-state index >= 15 is 0 Å². The van der Waals surface area contributed by atoms with Crippen LogP contribution in [0.15, 0.2) is 18.2 Å². The van der Waals surface area contributed by atoms with Crippen LogP contribution in [0.4, 0.5) is 5.69 Å². The Kier molecular flexibility index (Phi) is 7.89. The molecule has 0 atom stereocenters. The second-order valence-electron chi connectivity index (χ2n) is 5.85. The quantitative estimate of drug-likeness (QED) is 0.605. The van der Waals surface area contributed by atoms with Gasteiger partial charge in [0.05, 0.1) is 11.5 Å². The Balaban J connectivity index is 0.00000288. The summed E-state index contributed by atoms with van der Waals surface area (Å²) in [5, 5.41) is 20.4. The predicted octanol–water partition coefficient (Wildman–Crippen LogP) is 2.65. The van der Waals surface area contributed by atoms with Gasteiger partial charge in [0.1, 0.15) is 0 Å². The van der Waals surface area contributed by atoms with Crippen LogP contribution in [0.1, 0.15) is 18.4 Å². The number of aliphatic carboxylic acids is 1. The fraction of sp³-hybridized carbons (Fsp3) is 0.533. The highest BCUT2D eigenvalue weighted by Gasteiger charge is 2.25. The van der Waals surface area contributed by atoms with Gasteiger partial charge in [-0.25, -0.2) is 0 Å². The van der Waals surface area contributed by atoms with Gasteiger partial charge in [-0.05, 0) is 45.1 Å². The number of carboxylic acids is 1. The van der Waals surface area contributed by atoms with Crippen LogP contribution in [-0.2, 0) is 11.3 Å². The zero-order valence-electron chi connectivity index (χ0n) is 13.4. The van der Waals surface area contributed by atoms with Gasteiger partial charge in [-0.3, -0.25) is 24.7 Å². The molecule has 1 aliphatic heterocycles. The lowest BCUT2D eigenvalue weighted by Gasteiger charge is -2.36. The molecule has 0 bridgehead atoms. The molecule has 0 aliphatic carbocycles. The summed E-state index contributed by atoms with van der Waals surface area (Å²) in [5.41, 5.74) is 0.694. The number of likely N-dealkylation sites (N-methyl/N-ethyl adjacent to an activating group) is 1. The minimum absolute atomic E-state index is 0. The van der Waals surface area contributed by atoms with Crippen LogP contribution in [0.2, 0.25) is 5.02 Å². The van der Waals surface area contributed by atoms with Crippen molar-refractivity contribution in [3.8, 4) is 0 Å². The minimum atomic E-state index is -0.829. The van der Waals surface area contributed by atoms with Gasteiger partial charge >= 0.3 is 5.97 Å². The first kappa shape index (κ1) is 20.6. The number of rotatable bonds is 6. The molecule has 1 N–H and O–H groups in total. The first-order valence-corrected chi connectivity index (χ1v) is 7.82. The molecule has 134 valence electrons. The highest BCUT2D eigenvalue weighted by molar-refractivity contribution is 6.30. The third-order valence-corrected chi connectivity index (χ3v) is 4.43. The van der Waals surface area contributed by atoms with E-state index in [0.717, 1.165) is 25.9 Å². The molecule has 0 saturated carbocycles. The second kappa shape index (κ2) is 9.17. The first-order valence-electron chi connectivity index (χ1n) is 7.44. The summed E-state index contributed by atoms with van der Waals surface area (Å²) in [6, 6.07) is 4.83. The summed E-state index contributed by atoms with van der Waals surface area (Å²) < 4.78 is 0. The van der Waals surface area contributed by atoms with Crippen molar-refractivity contribution >= 4 is 35.7 Å². The van der Waals surface area contributed by atoms with E-state index in [1.54, 1.807) is 6.07 Å². The summed E-state index contributed by atoms with van der Waals surface area (Å²) in [4.78, 5) is 25.5. The maximum atomic E-state index is 11.1. The maximum absolute atomic E-state index is 11.1. The fourth-order valence-corrected chi connectivity index (χ4v) is 3.16. The SMILES string of the molecule is CN(CC(=O)O)C1CCN(Cc2cc(Cl)ccc2[N+](=O)[O-])CC1.Cl. The van der Waals surface area contributed by atoms with E-state index in [4.69, 9.17) is 16.7 Å². The van der Waals surface area contributed by atoms with Gasteiger partial charge in [0.25, 0.3) is 5.69 Å². The lowest BCUT2D eigenvalue weighted by molar-refractivity contribution is -0.385. The van der Waals surface area contributed by atoms with Crippen LogP contribution in [0.25, 0.3) is 0 Å². The Hall–Kier alpha value is -1.41. The van der Waals surface area contributed by atoms with Gasteiger partial charge in [0, 0.05) is 29.2 Å².